The number of rotatable bonds is 4. The smallest absolute Gasteiger partial charge is 0.257 e. The molecule has 2 aliphatic rings. The van der Waals surface area contributed by atoms with Crippen LogP contribution < -0.4 is 10.6 Å². The van der Waals surface area contributed by atoms with Crippen molar-refractivity contribution in [1.82, 2.24) is 9.97 Å². The molecular formula is C19H22F2N4. The van der Waals surface area contributed by atoms with Crippen molar-refractivity contribution < 1.29 is 8.78 Å². The van der Waals surface area contributed by atoms with Gasteiger partial charge in [0.2, 0.25) is 5.95 Å². The number of anilines is 1. The monoisotopic (exact) mass is 344 g/mol. The lowest BCUT2D eigenvalue weighted by atomic mass is 10.0. The fourth-order valence-electron chi connectivity index (χ4n) is 3.61. The van der Waals surface area contributed by atoms with Gasteiger partial charge in [0, 0.05) is 29.4 Å². The Morgan fingerprint density at radius 1 is 1.16 bits per heavy atom. The molecule has 1 aliphatic carbocycles. The number of benzene rings is 1. The van der Waals surface area contributed by atoms with E-state index in [-0.39, 0.29) is 0 Å². The summed E-state index contributed by atoms with van der Waals surface area (Å²) < 4.78 is 25.6. The van der Waals surface area contributed by atoms with Crippen LogP contribution in [-0.4, -0.2) is 29.0 Å². The molecule has 0 saturated carbocycles. The zero-order chi connectivity index (χ0) is 17.6. The Morgan fingerprint density at radius 2 is 1.92 bits per heavy atom. The van der Waals surface area contributed by atoms with Crippen LogP contribution in [0, 0.1) is 0 Å². The van der Waals surface area contributed by atoms with Gasteiger partial charge in [-0.3, -0.25) is 0 Å². The predicted molar refractivity (Wildman–Crippen MR) is 93.9 cm³/mol. The van der Waals surface area contributed by atoms with E-state index in [4.69, 9.17) is 15.7 Å². The van der Waals surface area contributed by atoms with Gasteiger partial charge in [0.1, 0.15) is 0 Å². The third kappa shape index (κ3) is 2.88. The highest BCUT2D eigenvalue weighted by Crippen LogP contribution is 2.34. The fourth-order valence-corrected chi connectivity index (χ4v) is 3.61. The van der Waals surface area contributed by atoms with Crippen LogP contribution in [0.25, 0.3) is 11.3 Å². The van der Waals surface area contributed by atoms with E-state index >= 15 is 0 Å². The number of aryl methyl sites for hydroxylation is 1. The summed E-state index contributed by atoms with van der Waals surface area (Å²) in [7, 11) is 0. The summed E-state index contributed by atoms with van der Waals surface area (Å²) >= 11 is 0. The summed E-state index contributed by atoms with van der Waals surface area (Å²) in [5.74, 6) is 0.794. The second kappa shape index (κ2) is 6.33. The highest BCUT2D eigenvalue weighted by Gasteiger charge is 2.29. The average Bonchev–Trinajstić information content (AvgIpc) is 3.07. The van der Waals surface area contributed by atoms with Crippen LogP contribution in [0.5, 0.6) is 0 Å². The Labute approximate surface area is 146 Å². The maximum absolute atomic E-state index is 12.8. The molecule has 132 valence electrons. The van der Waals surface area contributed by atoms with Crippen LogP contribution in [0.2, 0.25) is 0 Å². The van der Waals surface area contributed by atoms with Crippen molar-refractivity contribution in [3.63, 3.8) is 0 Å². The summed E-state index contributed by atoms with van der Waals surface area (Å²) in [6.45, 7) is 3.17. The molecule has 0 unspecified atom stereocenters. The minimum Gasteiger partial charge on any atom is -0.338 e. The van der Waals surface area contributed by atoms with E-state index in [0.29, 0.717) is 11.6 Å². The average molecular weight is 344 g/mol. The molecule has 1 aromatic carbocycles. The molecule has 6 heteroatoms. The van der Waals surface area contributed by atoms with Crippen molar-refractivity contribution in [2.75, 3.05) is 11.4 Å². The standard InChI is InChI=1S/C19H22F2N4/c1-11-9-10-25(11)19-23-15-4-2-3-14(15)17(24-19)13-7-5-12(6-8-13)16(22)18(20)21/h5-8,11,16,18H,2-4,9-10,22H2,1H3/t11-,16-/m0/s1. The maximum Gasteiger partial charge on any atom is 0.257 e. The second-order valence-corrected chi connectivity index (χ2v) is 6.96. The molecular weight excluding hydrogens is 322 g/mol. The third-order valence-electron chi connectivity index (χ3n) is 5.34. The van der Waals surface area contributed by atoms with Gasteiger partial charge in [-0.05, 0) is 38.2 Å². The third-order valence-corrected chi connectivity index (χ3v) is 5.34. The van der Waals surface area contributed by atoms with Crippen molar-refractivity contribution in [2.45, 2.75) is 51.1 Å². The van der Waals surface area contributed by atoms with E-state index in [0.717, 1.165) is 55.1 Å². The zero-order valence-corrected chi connectivity index (χ0v) is 14.3. The molecule has 2 atom stereocenters. The van der Waals surface area contributed by atoms with Gasteiger partial charge in [-0.25, -0.2) is 18.7 Å². The van der Waals surface area contributed by atoms with E-state index in [1.165, 1.54) is 5.56 Å². The number of nitrogens with zero attached hydrogens (tertiary/aromatic N) is 3. The van der Waals surface area contributed by atoms with Crippen molar-refractivity contribution >= 4 is 5.95 Å². The normalized spacial score (nSPS) is 20.5. The number of alkyl halides is 2. The lowest BCUT2D eigenvalue weighted by Crippen LogP contribution is -2.46. The first-order chi connectivity index (χ1) is 12.0. The summed E-state index contributed by atoms with van der Waals surface area (Å²) in [6, 6.07) is 6.29. The van der Waals surface area contributed by atoms with E-state index in [2.05, 4.69) is 11.8 Å². The van der Waals surface area contributed by atoms with Crippen LogP contribution in [0.1, 0.15) is 42.6 Å². The van der Waals surface area contributed by atoms with E-state index < -0.39 is 12.5 Å². The topological polar surface area (TPSA) is 55.0 Å². The molecule has 25 heavy (non-hydrogen) atoms. The van der Waals surface area contributed by atoms with Crippen LogP contribution in [0.15, 0.2) is 24.3 Å². The first-order valence-corrected chi connectivity index (χ1v) is 8.85. The van der Waals surface area contributed by atoms with Gasteiger partial charge in [-0.1, -0.05) is 24.3 Å². The molecule has 1 aromatic heterocycles. The maximum atomic E-state index is 12.8. The highest BCUT2D eigenvalue weighted by molar-refractivity contribution is 5.67. The number of fused-ring (bicyclic) bond motifs is 1. The summed E-state index contributed by atoms with van der Waals surface area (Å²) in [4.78, 5) is 11.8. The summed E-state index contributed by atoms with van der Waals surface area (Å²) in [6.07, 6.45) is 1.64. The van der Waals surface area contributed by atoms with Crippen LogP contribution in [0.3, 0.4) is 0 Å². The molecule has 2 heterocycles. The predicted octanol–water partition coefficient (Wildman–Crippen LogP) is 3.50. The Balaban J connectivity index is 1.72. The lowest BCUT2D eigenvalue weighted by Gasteiger charge is -2.39. The number of halogens is 2. The highest BCUT2D eigenvalue weighted by atomic mass is 19.3. The van der Waals surface area contributed by atoms with Gasteiger partial charge in [0.05, 0.1) is 11.7 Å². The number of aromatic nitrogens is 2. The Bertz CT molecular complexity index is 776. The zero-order valence-electron chi connectivity index (χ0n) is 14.3. The molecule has 4 rings (SSSR count). The lowest BCUT2D eigenvalue weighted by molar-refractivity contribution is 0.116. The van der Waals surface area contributed by atoms with Gasteiger partial charge in [-0.15, -0.1) is 0 Å². The number of hydrogen-bond acceptors (Lipinski definition) is 4. The van der Waals surface area contributed by atoms with Crippen molar-refractivity contribution in [3.8, 4) is 11.3 Å². The molecule has 1 aliphatic heterocycles. The van der Waals surface area contributed by atoms with Gasteiger partial charge in [0.25, 0.3) is 6.43 Å². The first kappa shape index (κ1) is 16.4. The van der Waals surface area contributed by atoms with E-state index in [1.54, 1.807) is 12.1 Å². The van der Waals surface area contributed by atoms with Crippen LogP contribution in [0.4, 0.5) is 14.7 Å². The molecule has 0 spiro atoms. The number of hydrogen-bond donors (Lipinski definition) is 1. The Morgan fingerprint density at radius 3 is 2.52 bits per heavy atom. The van der Waals surface area contributed by atoms with Gasteiger partial charge < -0.3 is 10.6 Å². The molecule has 1 saturated heterocycles. The summed E-state index contributed by atoms with van der Waals surface area (Å²) in [5.41, 5.74) is 10.2. The Hall–Kier alpha value is -2.08. The van der Waals surface area contributed by atoms with Crippen LogP contribution >= 0.6 is 0 Å². The second-order valence-electron chi connectivity index (χ2n) is 6.96. The molecule has 2 N–H and O–H groups in total. The van der Waals surface area contributed by atoms with Crippen molar-refractivity contribution in [1.29, 1.82) is 0 Å². The minimum absolute atomic E-state index is 0.445. The fraction of sp³-hybridized carbons (Fsp3) is 0.474. The van der Waals surface area contributed by atoms with Gasteiger partial charge in [0.15, 0.2) is 0 Å². The van der Waals surface area contributed by atoms with Gasteiger partial charge >= 0.3 is 0 Å². The van der Waals surface area contributed by atoms with Crippen molar-refractivity contribution in [3.05, 3.63) is 41.1 Å². The minimum atomic E-state index is -2.56. The Kier molecular flexibility index (Phi) is 4.15. The quantitative estimate of drug-likeness (QED) is 0.922. The van der Waals surface area contributed by atoms with Crippen molar-refractivity contribution in [2.24, 2.45) is 5.73 Å². The SMILES string of the molecule is C[C@H]1CCN1c1nc2c(c(-c3ccc([C@H](N)C(F)F)cc3)n1)CCC2. The molecule has 1 fully saturated rings. The number of nitrogens with two attached hydrogens (primary N) is 1. The largest absolute Gasteiger partial charge is 0.338 e. The molecule has 0 amide bonds. The molecule has 2 aromatic rings. The summed E-state index contributed by atoms with van der Waals surface area (Å²) in [5, 5.41) is 0. The van der Waals surface area contributed by atoms with Crippen LogP contribution in [-0.2, 0) is 12.8 Å². The van der Waals surface area contributed by atoms with Gasteiger partial charge in [-0.2, -0.15) is 0 Å². The first-order valence-electron chi connectivity index (χ1n) is 8.85. The van der Waals surface area contributed by atoms with E-state index in [9.17, 15) is 8.78 Å². The molecule has 0 bridgehead atoms. The molecule has 4 nitrogen and oxygen atoms in total. The van der Waals surface area contributed by atoms with E-state index in [1.807, 2.05) is 12.1 Å². The molecule has 0 radical (unpaired) electrons.